The highest BCUT2D eigenvalue weighted by Crippen LogP contribution is 2.30. The molecule has 1 fully saturated rings. The van der Waals surface area contributed by atoms with Crippen LogP contribution in [0.1, 0.15) is 44.7 Å². The van der Waals surface area contributed by atoms with E-state index in [9.17, 15) is 18.5 Å². The van der Waals surface area contributed by atoms with Crippen LogP contribution >= 0.6 is 0 Å². The second-order valence-corrected chi connectivity index (χ2v) is 13.5. The summed E-state index contributed by atoms with van der Waals surface area (Å²) in [6, 6.07) is 28.8. The largest absolute Gasteiger partial charge is 0.490 e. The maximum Gasteiger partial charge on any atom is 0.410 e. The van der Waals surface area contributed by atoms with E-state index < -0.39 is 15.6 Å². The van der Waals surface area contributed by atoms with Crippen LogP contribution in [0.25, 0.3) is 10.8 Å². The number of piperidine rings is 1. The van der Waals surface area contributed by atoms with Crippen molar-refractivity contribution in [3.05, 3.63) is 102 Å². The van der Waals surface area contributed by atoms with Crippen molar-refractivity contribution in [2.75, 3.05) is 17.4 Å². The lowest BCUT2D eigenvalue weighted by Crippen LogP contribution is -2.44. The molecule has 0 atom stereocenters. The van der Waals surface area contributed by atoms with Crippen LogP contribution in [-0.4, -0.2) is 44.2 Å². The summed E-state index contributed by atoms with van der Waals surface area (Å²) in [6.07, 6.45) is 0.965. The first-order chi connectivity index (χ1) is 20.5. The molecule has 4 aromatic rings. The molecular formula is C34H35N3O5S. The molecule has 5 rings (SSSR count). The molecule has 1 aliphatic heterocycles. The Morgan fingerprint density at radius 2 is 1.60 bits per heavy atom. The number of ether oxygens (including phenoxy) is 2. The molecule has 0 aliphatic carbocycles. The van der Waals surface area contributed by atoms with Crippen LogP contribution in [0, 0.1) is 11.3 Å². The Labute approximate surface area is 253 Å². The number of carbonyl (C=O) groups is 1. The maximum absolute atomic E-state index is 13.9. The zero-order valence-corrected chi connectivity index (χ0v) is 25.4. The fraction of sp³-hybridized carbons (Fsp3) is 0.294. The topological polar surface area (TPSA) is 99.9 Å². The molecule has 43 heavy (non-hydrogen) atoms. The molecule has 4 aromatic carbocycles. The fourth-order valence-corrected chi connectivity index (χ4v) is 6.50. The van der Waals surface area contributed by atoms with Crippen molar-refractivity contribution in [3.8, 4) is 11.8 Å². The Morgan fingerprint density at radius 3 is 2.26 bits per heavy atom. The third-order valence-electron chi connectivity index (χ3n) is 7.21. The monoisotopic (exact) mass is 597 g/mol. The number of likely N-dealkylation sites (tertiary alicyclic amines) is 1. The van der Waals surface area contributed by atoms with Gasteiger partial charge in [0.05, 0.1) is 28.8 Å². The average Bonchev–Trinajstić information content (AvgIpc) is 3.00. The minimum absolute atomic E-state index is 0.0652. The average molecular weight is 598 g/mol. The first kappa shape index (κ1) is 29.9. The van der Waals surface area contributed by atoms with E-state index in [1.54, 1.807) is 71.6 Å². The van der Waals surface area contributed by atoms with E-state index >= 15 is 0 Å². The zero-order chi connectivity index (χ0) is 30.6. The molecule has 1 saturated heterocycles. The molecule has 1 heterocycles. The van der Waals surface area contributed by atoms with Gasteiger partial charge in [-0.2, -0.15) is 5.26 Å². The molecule has 0 spiro atoms. The number of benzene rings is 4. The van der Waals surface area contributed by atoms with Gasteiger partial charge >= 0.3 is 6.09 Å². The van der Waals surface area contributed by atoms with Crippen molar-refractivity contribution in [2.24, 2.45) is 0 Å². The summed E-state index contributed by atoms with van der Waals surface area (Å²) in [5, 5.41) is 11.2. The molecule has 0 N–H and O–H groups in total. The van der Waals surface area contributed by atoms with Crippen LogP contribution in [0.2, 0.25) is 0 Å². The number of hydrogen-bond donors (Lipinski definition) is 0. The number of nitriles is 1. The predicted octanol–water partition coefficient (Wildman–Crippen LogP) is 6.89. The van der Waals surface area contributed by atoms with E-state index in [-0.39, 0.29) is 23.6 Å². The Kier molecular flexibility index (Phi) is 8.60. The molecular weight excluding hydrogens is 562 g/mol. The highest BCUT2D eigenvalue weighted by Gasteiger charge is 2.28. The Bertz CT molecular complexity index is 1740. The van der Waals surface area contributed by atoms with E-state index in [0.717, 1.165) is 16.3 Å². The molecule has 0 saturated carbocycles. The minimum atomic E-state index is -3.90. The summed E-state index contributed by atoms with van der Waals surface area (Å²) >= 11 is 0. The highest BCUT2D eigenvalue weighted by atomic mass is 32.2. The van der Waals surface area contributed by atoms with Crippen molar-refractivity contribution in [3.63, 3.8) is 0 Å². The normalized spacial score (nSPS) is 14.2. The molecule has 9 heteroatoms. The van der Waals surface area contributed by atoms with E-state index in [1.165, 1.54) is 4.31 Å². The quantitative estimate of drug-likeness (QED) is 0.230. The lowest BCUT2D eigenvalue weighted by Gasteiger charge is -2.33. The number of hydrogen-bond acceptors (Lipinski definition) is 6. The second kappa shape index (κ2) is 12.4. The third kappa shape index (κ3) is 7.27. The maximum atomic E-state index is 13.9. The van der Waals surface area contributed by atoms with Gasteiger partial charge in [-0.1, -0.05) is 36.4 Å². The summed E-state index contributed by atoms with van der Waals surface area (Å²) in [5.74, 6) is 0.631. The van der Waals surface area contributed by atoms with Gasteiger partial charge in [-0.3, -0.25) is 4.31 Å². The van der Waals surface area contributed by atoms with E-state index in [2.05, 4.69) is 6.07 Å². The van der Waals surface area contributed by atoms with Gasteiger partial charge in [0.1, 0.15) is 17.5 Å². The predicted molar refractivity (Wildman–Crippen MR) is 166 cm³/mol. The SMILES string of the molecule is CC(C)(C)OC(=O)N1CCC(Oc2ccc(N(Cc3ccc4ccc(C#N)cc4c3)S(=O)(=O)c3ccccc3)cc2)CC1. The smallest absolute Gasteiger partial charge is 0.410 e. The summed E-state index contributed by atoms with van der Waals surface area (Å²) in [6.45, 7) is 6.75. The van der Waals surface area contributed by atoms with E-state index in [0.29, 0.717) is 42.9 Å². The van der Waals surface area contributed by atoms with Crippen molar-refractivity contribution in [2.45, 2.75) is 56.8 Å². The highest BCUT2D eigenvalue weighted by molar-refractivity contribution is 7.92. The van der Waals surface area contributed by atoms with Gasteiger partial charge in [0.15, 0.2) is 0 Å². The van der Waals surface area contributed by atoms with Crippen molar-refractivity contribution in [1.82, 2.24) is 4.90 Å². The standard InChI is InChI=1S/C34H35N3O5S/c1-34(2,3)42-33(38)36-19-17-31(18-20-36)41-30-15-13-29(14-16-30)37(43(39,40)32-7-5-4-6-8-32)24-26-10-12-27-11-9-25(23-35)21-28(27)22-26/h4-16,21-22,31H,17-20,24H2,1-3H3. The lowest BCUT2D eigenvalue weighted by molar-refractivity contribution is 0.0126. The number of carbonyl (C=O) groups excluding carboxylic acids is 1. The number of nitrogens with zero attached hydrogens (tertiary/aromatic N) is 3. The number of sulfonamides is 1. The molecule has 0 radical (unpaired) electrons. The Hall–Kier alpha value is -4.55. The molecule has 0 unspecified atom stereocenters. The van der Waals surface area contributed by atoms with Gasteiger partial charge in [0.2, 0.25) is 0 Å². The summed E-state index contributed by atoms with van der Waals surface area (Å²) in [5.41, 5.74) is 1.30. The van der Waals surface area contributed by atoms with Gasteiger partial charge in [0, 0.05) is 25.9 Å². The number of anilines is 1. The second-order valence-electron chi connectivity index (χ2n) is 11.6. The Balaban J connectivity index is 1.34. The van der Waals surface area contributed by atoms with E-state index in [4.69, 9.17) is 9.47 Å². The summed E-state index contributed by atoms with van der Waals surface area (Å²) < 4.78 is 40.8. The van der Waals surface area contributed by atoms with E-state index in [1.807, 2.05) is 45.0 Å². The molecule has 1 amide bonds. The summed E-state index contributed by atoms with van der Waals surface area (Å²) in [4.78, 5) is 14.3. The van der Waals surface area contributed by atoms with Gasteiger partial charge in [-0.25, -0.2) is 13.2 Å². The Morgan fingerprint density at radius 1 is 0.930 bits per heavy atom. The molecule has 1 aliphatic rings. The molecule has 0 aromatic heterocycles. The van der Waals surface area contributed by atoms with Crippen LogP contribution in [0.3, 0.4) is 0 Å². The minimum Gasteiger partial charge on any atom is -0.490 e. The molecule has 222 valence electrons. The van der Waals surface area contributed by atoms with Crippen molar-refractivity contribution < 1.29 is 22.7 Å². The van der Waals surface area contributed by atoms with Crippen LogP contribution < -0.4 is 9.04 Å². The molecule has 0 bridgehead atoms. The van der Waals surface area contributed by atoms with Crippen LogP contribution in [0.5, 0.6) is 5.75 Å². The van der Waals surface area contributed by atoms with Crippen molar-refractivity contribution in [1.29, 1.82) is 5.26 Å². The number of fused-ring (bicyclic) bond motifs is 1. The van der Waals surface area contributed by atoms with Crippen molar-refractivity contribution >= 4 is 32.6 Å². The number of amides is 1. The first-order valence-electron chi connectivity index (χ1n) is 14.3. The number of rotatable bonds is 7. The zero-order valence-electron chi connectivity index (χ0n) is 24.6. The van der Waals surface area contributed by atoms with Crippen LogP contribution in [-0.2, 0) is 21.3 Å². The van der Waals surface area contributed by atoms with Gasteiger partial charge in [0.25, 0.3) is 10.0 Å². The third-order valence-corrected chi connectivity index (χ3v) is 9.00. The lowest BCUT2D eigenvalue weighted by atomic mass is 10.0. The van der Waals surface area contributed by atoms with Gasteiger partial charge in [-0.15, -0.1) is 0 Å². The fourth-order valence-electron chi connectivity index (χ4n) is 5.03. The van der Waals surface area contributed by atoms with Gasteiger partial charge < -0.3 is 14.4 Å². The first-order valence-corrected chi connectivity index (χ1v) is 15.7. The van der Waals surface area contributed by atoms with Crippen LogP contribution in [0.15, 0.2) is 95.9 Å². The van der Waals surface area contributed by atoms with Gasteiger partial charge in [-0.05, 0) is 91.7 Å². The molecule has 8 nitrogen and oxygen atoms in total. The summed E-state index contributed by atoms with van der Waals surface area (Å²) in [7, 11) is -3.90. The van der Waals surface area contributed by atoms with Crippen LogP contribution in [0.4, 0.5) is 10.5 Å².